The van der Waals surface area contributed by atoms with E-state index in [-0.39, 0.29) is 6.10 Å². The van der Waals surface area contributed by atoms with Crippen LogP contribution >= 0.6 is 11.3 Å². The summed E-state index contributed by atoms with van der Waals surface area (Å²) in [6.45, 7) is 2.54. The summed E-state index contributed by atoms with van der Waals surface area (Å²) in [6, 6.07) is 1.96. The molecular formula is C10H18N2OS. The lowest BCUT2D eigenvalue weighted by Crippen LogP contribution is -2.29. The molecule has 1 rings (SSSR count). The highest BCUT2D eigenvalue weighted by atomic mass is 32.1. The molecule has 1 aromatic heterocycles. The Morgan fingerprint density at radius 3 is 2.93 bits per heavy atom. The van der Waals surface area contributed by atoms with E-state index in [2.05, 4.69) is 10.2 Å². The number of aliphatic hydroxyl groups excluding tert-OH is 1. The molecule has 3 nitrogen and oxygen atoms in total. The minimum absolute atomic E-state index is 0.372. The van der Waals surface area contributed by atoms with Gasteiger partial charge in [0, 0.05) is 19.6 Å². The average Bonchev–Trinajstić information content (AvgIpc) is 2.64. The van der Waals surface area contributed by atoms with Gasteiger partial charge in [0.2, 0.25) is 0 Å². The summed E-state index contributed by atoms with van der Waals surface area (Å²) in [5, 5.41) is 16.9. The second-order valence-corrected chi connectivity index (χ2v) is 4.36. The van der Waals surface area contributed by atoms with Crippen molar-refractivity contribution in [3.8, 4) is 0 Å². The Kier molecular flexibility index (Phi) is 5.11. The molecule has 0 aliphatic carbocycles. The van der Waals surface area contributed by atoms with Gasteiger partial charge in [-0.1, -0.05) is 0 Å². The summed E-state index contributed by atoms with van der Waals surface area (Å²) in [5.41, 5.74) is 1.01. The SMILES string of the molecule is CN(C)CCNCC(O)c1ccsc1. The van der Waals surface area contributed by atoms with Crippen LogP contribution in [0.15, 0.2) is 16.8 Å². The molecule has 1 aromatic rings. The van der Waals surface area contributed by atoms with Crippen molar-refractivity contribution >= 4 is 11.3 Å². The zero-order valence-electron chi connectivity index (χ0n) is 8.73. The smallest absolute Gasteiger partial charge is 0.0922 e. The van der Waals surface area contributed by atoms with Crippen molar-refractivity contribution in [2.45, 2.75) is 6.10 Å². The maximum absolute atomic E-state index is 9.71. The van der Waals surface area contributed by atoms with Crippen LogP contribution in [0, 0.1) is 0 Å². The van der Waals surface area contributed by atoms with Crippen molar-refractivity contribution in [2.75, 3.05) is 33.7 Å². The van der Waals surface area contributed by atoms with Crippen molar-refractivity contribution < 1.29 is 5.11 Å². The molecular weight excluding hydrogens is 196 g/mol. The summed E-state index contributed by atoms with van der Waals surface area (Å²) < 4.78 is 0. The molecule has 0 aliphatic rings. The van der Waals surface area contributed by atoms with Crippen LogP contribution in [0.1, 0.15) is 11.7 Å². The number of aliphatic hydroxyl groups is 1. The van der Waals surface area contributed by atoms with E-state index < -0.39 is 0 Å². The van der Waals surface area contributed by atoms with Crippen LogP contribution < -0.4 is 5.32 Å². The van der Waals surface area contributed by atoms with Crippen molar-refractivity contribution in [1.82, 2.24) is 10.2 Å². The Hall–Kier alpha value is -0.420. The van der Waals surface area contributed by atoms with E-state index >= 15 is 0 Å². The van der Waals surface area contributed by atoms with Crippen molar-refractivity contribution in [3.63, 3.8) is 0 Å². The van der Waals surface area contributed by atoms with Crippen molar-refractivity contribution in [2.24, 2.45) is 0 Å². The minimum Gasteiger partial charge on any atom is -0.387 e. The monoisotopic (exact) mass is 214 g/mol. The highest BCUT2D eigenvalue weighted by Crippen LogP contribution is 2.14. The van der Waals surface area contributed by atoms with Gasteiger partial charge in [0.1, 0.15) is 0 Å². The summed E-state index contributed by atoms with van der Waals surface area (Å²) in [5.74, 6) is 0. The number of likely N-dealkylation sites (N-methyl/N-ethyl adjacent to an activating group) is 1. The molecule has 4 heteroatoms. The molecule has 0 fully saturated rings. The van der Waals surface area contributed by atoms with Gasteiger partial charge in [-0.25, -0.2) is 0 Å². The van der Waals surface area contributed by atoms with Gasteiger partial charge in [0.25, 0.3) is 0 Å². The second-order valence-electron chi connectivity index (χ2n) is 3.58. The zero-order valence-corrected chi connectivity index (χ0v) is 9.55. The molecule has 0 radical (unpaired) electrons. The van der Waals surface area contributed by atoms with Crippen LogP contribution in [0.5, 0.6) is 0 Å². The van der Waals surface area contributed by atoms with E-state index in [0.717, 1.165) is 18.7 Å². The summed E-state index contributed by atoms with van der Waals surface area (Å²) in [4.78, 5) is 2.12. The quantitative estimate of drug-likeness (QED) is 0.692. The maximum Gasteiger partial charge on any atom is 0.0922 e. The molecule has 0 spiro atoms. The molecule has 0 saturated heterocycles. The number of nitrogens with zero attached hydrogens (tertiary/aromatic N) is 1. The molecule has 2 N–H and O–H groups in total. The minimum atomic E-state index is -0.372. The molecule has 1 heterocycles. The number of thiophene rings is 1. The fraction of sp³-hybridized carbons (Fsp3) is 0.600. The average molecular weight is 214 g/mol. The van der Waals surface area contributed by atoms with Gasteiger partial charge in [-0.05, 0) is 36.5 Å². The third-order valence-electron chi connectivity index (χ3n) is 2.00. The van der Waals surface area contributed by atoms with Crippen molar-refractivity contribution in [3.05, 3.63) is 22.4 Å². The van der Waals surface area contributed by atoms with Crippen LogP contribution in [0.2, 0.25) is 0 Å². The van der Waals surface area contributed by atoms with E-state index in [9.17, 15) is 5.11 Å². The lowest BCUT2D eigenvalue weighted by Gasteiger charge is -2.13. The Morgan fingerprint density at radius 2 is 2.36 bits per heavy atom. The van der Waals surface area contributed by atoms with Gasteiger partial charge in [0.15, 0.2) is 0 Å². The third-order valence-corrected chi connectivity index (χ3v) is 2.70. The fourth-order valence-electron chi connectivity index (χ4n) is 1.12. The van der Waals surface area contributed by atoms with Crippen LogP contribution in [-0.2, 0) is 0 Å². The molecule has 14 heavy (non-hydrogen) atoms. The van der Waals surface area contributed by atoms with Gasteiger partial charge in [-0.2, -0.15) is 11.3 Å². The molecule has 0 aromatic carbocycles. The molecule has 80 valence electrons. The molecule has 0 aliphatic heterocycles. The van der Waals surface area contributed by atoms with Gasteiger partial charge in [-0.3, -0.25) is 0 Å². The van der Waals surface area contributed by atoms with Gasteiger partial charge < -0.3 is 15.3 Å². The molecule has 1 atom stereocenters. The Balaban J connectivity index is 2.13. The molecule has 0 amide bonds. The maximum atomic E-state index is 9.71. The van der Waals surface area contributed by atoms with Crippen LogP contribution in [0.4, 0.5) is 0 Å². The van der Waals surface area contributed by atoms with Gasteiger partial charge in [0.05, 0.1) is 6.10 Å². The molecule has 0 saturated carbocycles. The number of hydrogen-bond acceptors (Lipinski definition) is 4. The first-order chi connectivity index (χ1) is 6.70. The topological polar surface area (TPSA) is 35.5 Å². The predicted molar refractivity (Wildman–Crippen MR) is 60.7 cm³/mol. The largest absolute Gasteiger partial charge is 0.387 e. The first kappa shape index (κ1) is 11.7. The molecule has 0 bridgehead atoms. The van der Waals surface area contributed by atoms with Crippen LogP contribution in [0.25, 0.3) is 0 Å². The summed E-state index contributed by atoms with van der Waals surface area (Å²) in [6.07, 6.45) is -0.372. The lowest BCUT2D eigenvalue weighted by atomic mass is 10.2. The first-order valence-corrected chi connectivity index (χ1v) is 5.70. The van der Waals surface area contributed by atoms with E-state index in [1.807, 2.05) is 30.9 Å². The fourth-order valence-corrected chi connectivity index (χ4v) is 1.83. The van der Waals surface area contributed by atoms with Crippen LogP contribution in [0.3, 0.4) is 0 Å². The predicted octanol–water partition coefficient (Wildman–Crippen LogP) is 0.933. The second kappa shape index (κ2) is 6.14. The Labute approximate surface area is 89.4 Å². The number of nitrogens with one attached hydrogen (secondary N) is 1. The Bertz CT molecular complexity index is 236. The highest BCUT2D eigenvalue weighted by Gasteiger charge is 2.06. The van der Waals surface area contributed by atoms with E-state index in [1.165, 1.54) is 0 Å². The normalized spacial score (nSPS) is 13.4. The van der Waals surface area contributed by atoms with Gasteiger partial charge >= 0.3 is 0 Å². The zero-order chi connectivity index (χ0) is 10.4. The van der Waals surface area contributed by atoms with E-state index in [4.69, 9.17) is 0 Å². The number of hydrogen-bond donors (Lipinski definition) is 2. The highest BCUT2D eigenvalue weighted by molar-refractivity contribution is 7.07. The first-order valence-electron chi connectivity index (χ1n) is 4.75. The number of rotatable bonds is 6. The Morgan fingerprint density at radius 1 is 1.57 bits per heavy atom. The van der Waals surface area contributed by atoms with Gasteiger partial charge in [-0.15, -0.1) is 0 Å². The standard InChI is InChI=1S/C10H18N2OS/c1-12(2)5-4-11-7-10(13)9-3-6-14-8-9/h3,6,8,10-11,13H,4-5,7H2,1-2H3. The molecule has 1 unspecified atom stereocenters. The third kappa shape index (κ3) is 4.19. The van der Waals surface area contributed by atoms with Crippen molar-refractivity contribution in [1.29, 1.82) is 0 Å². The van der Waals surface area contributed by atoms with E-state index in [1.54, 1.807) is 11.3 Å². The summed E-state index contributed by atoms with van der Waals surface area (Å²) >= 11 is 1.62. The van der Waals surface area contributed by atoms with Crippen LogP contribution in [-0.4, -0.2) is 43.7 Å². The summed E-state index contributed by atoms with van der Waals surface area (Å²) in [7, 11) is 4.08. The van der Waals surface area contributed by atoms with E-state index in [0.29, 0.717) is 6.54 Å². The lowest BCUT2D eigenvalue weighted by molar-refractivity contribution is 0.174.